The summed E-state index contributed by atoms with van der Waals surface area (Å²) in [5.41, 5.74) is 2.83. The number of aliphatic hydroxyl groups is 1. The van der Waals surface area contributed by atoms with E-state index < -0.39 is 6.10 Å². The Bertz CT molecular complexity index is 922. The van der Waals surface area contributed by atoms with Gasteiger partial charge in [0, 0.05) is 33.3 Å². The molecule has 0 amide bonds. The molecule has 2 aromatic heterocycles. The molecule has 2 heterocycles. The fourth-order valence-corrected chi connectivity index (χ4v) is 4.56. The lowest BCUT2D eigenvalue weighted by Gasteiger charge is -2.09. The number of aliphatic hydroxyl groups excluding tert-OH is 1. The molecular weight excluding hydrogens is 401 g/mol. The highest BCUT2D eigenvalue weighted by molar-refractivity contribution is 7.99. The van der Waals surface area contributed by atoms with E-state index in [-0.39, 0.29) is 5.92 Å². The van der Waals surface area contributed by atoms with Crippen LogP contribution in [0.1, 0.15) is 48.6 Å². The maximum Gasteiger partial charge on any atom is 0.136 e. The van der Waals surface area contributed by atoms with Crippen LogP contribution in [-0.2, 0) is 6.42 Å². The predicted molar refractivity (Wildman–Crippen MR) is 111 cm³/mol. The summed E-state index contributed by atoms with van der Waals surface area (Å²) in [5.74, 6) is 0.761. The predicted octanol–water partition coefficient (Wildman–Crippen LogP) is 5.97. The van der Waals surface area contributed by atoms with Gasteiger partial charge in [0.2, 0.25) is 0 Å². The number of rotatable bonds is 6. The number of pyridine rings is 1. The van der Waals surface area contributed by atoms with Crippen molar-refractivity contribution in [2.75, 3.05) is 0 Å². The number of nitrogens with one attached hydrogen (secondary N) is 1. The molecule has 142 valence electrons. The van der Waals surface area contributed by atoms with Crippen LogP contribution in [0.3, 0.4) is 0 Å². The van der Waals surface area contributed by atoms with Crippen LogP contribution >= 0.6 is 35.0 Å². The van der Waals surface area contributed by atoms with E-state index in [0.717, 1.165) is 26.9 Å². The zero-order chi connectivity index (χ0) is 19.6. The van der Waals surface area contributed by atoms with Crippen molar-refractivity contribution in [2.45, 2.75) is 49.1 Å². The first-order valence-electron chi connectivity index (χ1n) is 8.65. The molecule has 0 bridgehead atoms. The molecule has 27 heavy (non-hydrogen) atoms. The highest BCUT2D eigenvalue weighted by Gasteiger charge is 2.20. The normalized spacial score (nSPS) is 12.6. The topological polar surface area (TPSA) is 61.8 Å². The van der Waals surface area contributed by atoms with Crippen molar-refractivity contribution in [1.82, 2.24) is 15.0 Å². The minimum atomic E-state index is -0.734. The Morgan fingerprint density at radius 1 is 1.19 bits per heavy atom. The second-order valence-electron chi connectivity index (χ2n) is 6.67. The minimum Gasteiger partial charge on any atom is -0.385 e. The van der Waals surface area contributed by atoms with Crippen LogP contribution in [0.25, 0.3) is 0 Å². The number of hydrogen-bond acceptors (Lipinski definition) is 4. The molecule has 0 aliphatic rings. The van der Waals surface area contributed by atoms with Crippen molar-refractivity contribution in [2.24, 2.45) is 0 Å². The Balaban J connectivity index is 1.87. The van der Waals surface area contributed by atoms with Crippen LogP contribution in [0.15, 0.2) is 46.5 Å². The van der Waals surface area contributed by atoms with E-state index >= 15 is 0 Å². The van der Waals surface area contributed by atoms with Crippen LogP contribution in [0.4, 0.5) is 0 Å². The number of halogens is 2. The van der Waals surface area contributed by atoms with Crippen molar-refractivity contribution in [3.8, 4) is 0 Å². The molecule has 2 N–H and O–H groups in total. The van der Waals surface area contributed by atoms with Crippen molar-refractivity contribution >= 4 is 35.0 Å². The Morgan fingerprint density at radius 3 is 2.52 bits per heavy atom. The molecule has 0 spiro atoms. The van der Waals surface area contributed by atoms with E-state index in [2.05, 4.69) is 28.8 Å². The number of benzene rings is 1. The highest BCUT2D eigenvalue weighted by atomic mass is 35.5. The van der Waals surface area contributed by atoms with Crippen LogP contribution < -0.4 is 0 Å². The summed E-state index contributed by atoms with van der Waals surface area (Å²) >= 11 is 13.7. The fraction of sp³-hybridized carbons (Fsp3) is 0.300. The Labute approximate surface area is 173 Å². The lowest BCUT2D eigenvalue weighted by Crippen LogP contribution is -2.06. The van der Waals surface area contributed by atoms with Gasteiger partial charge in [-0.05, 0) is 42.7 Å². The van der Waals surface area contributed by atoms with Crippen molar-refractivity contribution < 1.29 is 5.11 Å². The molecule has 1 aromatic carbocycles. The van der Waals surface area contributed by atoms with E-state index in [1.807, 2.05) is 31.2 Å². The second kappa shape index (κ2) is 8.65. The number of H-pyrrole nitrogens is 1. The Kier molecular flexibility index (Phi) is 6.48. The molecule has 1 atom stereocenters. The van der Waals surface area contributed by atoms with Crippen molar-refractivity contribution in [3.63, 3.8) is 0 Å². The summed E-state index contributed by atoms with van der Waals surface area (Å²) in [6.45, 7) is 6.09. The molecule has 0 fully saturated rings. The van der Waals surface area contributed by atoms with Crippen molar-refractivity contribution in [1.29, 1.82) is 0 Å². The fourth-order valence-electron chi connectivity index (χ4n) is 2.76. The molecule has 0 saturated carbocycles. The smallest absolute Gasteiger partial charge is 0.136 e. The average molecular weight is 422 g/mol. The van der Waals surface area contributed by atoms with Crippen LogP contribution in [0.2, 0.25) is 10.0 Å². The number of aromatic nitrogens is 3. The van der Waals surface area contributed by atoms with Crippen LogP contribution in [-0.4, -0.2) is 20.1 Å². The largest absolute Gasteiger partial charge is 0.385 e. The maximum absolute atomic E-state index is 10.7. The molecule has 3 aromatic rings. The van der Waals surface area contributed by atoms with Gasteiger partial charge in [0.15, 0.2) is 0 Å². The molecule has 3 rings (SSSR count). The monoisotopic (exact) mass is 421 g/mol. The molecule has 1 unspecified atom stereocenters. The van der Waals surface area contributed by atoms with Gasteiger partial charge in [-0.3, -0.25) is 4.98 Å². The molecule has 0 aliphatic carbocycles. The van der Waals surface area contributed by atoms with Gasteiger partial charge in [-0.1, -0.05) is 54.9 Å². The van der Waals surface area contributed by atoms with E-state index in [1.165, 1.54) is 11.8 Å². The zero-order valence-corrected chi connectivity index (χ0v) is 17.7. The first-order chi connectivity index (χ1) is 12.8. The van der Waals surface area contributed by atoms with Crippen LogP contribution in [0, 0.1) is 6.92 Å². The van der Waals surface area contributed by atoms with E-state index in [4.69, 9.17) is 23.2 Å². The summed E-state index contributed by atoms with van der Waals surface area (Å²) in [4.78, 5) is 13.1. The third-order valence-electron chi connectivity index (χ3n) is 4.16. The SMILES string of the molecule is Cc1ncccc1CC(O)c1nc(C(C)C)c(Sc2cc(Cl)cc(Cl)c2)[nH]1. The standard InChI is InChI=1S/C20H21Cl2N3OS/c1-11(2)18-20(27-16-9-14(21)8-15(22)10-16)25-19(24-18)17(26)7-13-5-4-6-23-12(13)3/h4-6,8-11,17,26H,7H2,1-3H3,(H,24,25). The van der Waals surface area contributed by atoms with Crippen LogP contribution in [0.5, 0.6) is 0 Å². The maximum atomic E-state index is 10.7. The van der Waals surface area contributed by atoms with Gasteiger partial charge in [0.25, 0.3) is 0 Å². The van der Waals surface area contributed by atoms with Gasteiger partial charge < -0.3 is 10.1 Å². The molecule has 7 heteroatoms. The summed E-state index contributed by atoms with van der Waals surface area (Å²) in [5, 5.41) is 12.8. The van der Waals surface area contributed by atoms with Gasteiger partial charge >= 0.3 is 0 Å². The summed E-state index contributed by atoms with van der Waals surface area (Å²) in [6, 6.07) is 9.27. The molecule has 0 aliphatic heterocycles. The van der Waals surface area contributed by atoms with E-state index in [1.54, 1.807) is 12.3 Å². The first kappa shape index (κ1) is 20.2. The number of hydrogen-bond donors (Lipinski definition) is 2. The van der Waals surface area contributed by atoms with E-state index in [9.17, 15) is 5.11 Å². The summed E-state index contributed by atoms with van der Waals surface area (Å²) < 4.78 is 0. The number of aromatic amines is 1. The van der Waals surface area contributed by atoms with Gasteiger partial charge in [-0.25, -0.2) is 4.98 Å². The molecular formula is C20H21Cl2N3OS. The van der Waals surface area contributed by atoms with Crippen molar-refractivity contribution in [3.05, 3.63) is 69.3 Å². The molecule has 0 saturated heterocycles. The average Bonchev–Trinajstić information content (AvgIpc) is 3.00. The zero-order valence-electron chi connectivity index (χ0n) is 15.3. The Morgan fingerprint density at radius 2 is 1.89 bits per heavy atom. The van der Waals surface area contributed by atoms with Gasteiger partial charge in [-0.15, -0.1) is 0 Å². The summed E-state index contributed by atoms with van der Waals surface area (Å²) in [7, 11) is 0. The number of imidazole rings is 1. The quantitative estimate of drug-likeness (QED) is 0.514. The first-order valence-corrected chi connectivity index (χ1v) is 10.2. The van der Waals surface area contributed by atoms with E-state index in [0.29, 0.717) is 22.3 Å². The number of aryl methyl sites for hydroxylation is 1. The molecule has 0 radical (unpaired) electrons. The summed E-state index contributed by atoms with van der Waals surface area (Å²) in [6.07, 6.45) is 1.47. The second-order valence-corrected chi connectivity index (χ2v) is 8.62. The van der Waals surface area contributed by atoms with Gasteiger partial charge in [-0.2, -0.15) is 0 Å². The lowest BCUT2D eigenvalue weighted by atomic mass is 10.1. The third-order valence-corrected chi connectivity index (χ3v) is 5.59. The molecule has 4 nitrogen and oxygen atoms in total. The van der Waals surface area contributed by atoms with Gasteiger partial charge in [0.1, 0.15) is 17.0 Å². The highest BCUT2D eigenvalue weighted by Crippen LogP contribution is 2.36. The lowest BCUT2D eigenvalue weighted by molar-refractivity contribution is 0.168. The third kappa shape index (κ3) is 5.05. The Hall–Kier alpha value is -1.53. The number of nitrogens with zero attached hydrogens (tertiary/aromatic N) is 2. The van der Waals surface area contributed by atoms with Gasteiger partial charge in [0.05, 0.1) is 5.69 Å². The minimum absolute atomic E-state index is 0.208.